The Labute approximate surface area is 217 Å². The van der Waals surface area contributed by atoms with Crippen LogP contribution >= 0.6 is 11.6 Å². The standard InChI is InChI=1S/C23H30ClN3O7S2/c1-17-19(24)6-4-7-20(17)27(35(3,29)30)11-5-8-23(28)25-18-9-10-21(33-2)22(16-18)36(31,32)26-12-14-34-15-13-26/h4,6-7,9-10,16H,5,8,11-15H2,1-3H3,(H,25,28). The number of benzene rings is 2. The summed E-state index contributed by atoms with van der Waals surface area (Å²) in [5, 5.41) is 3.14. The summed E-state index contributed by atoms with van der Waals surface area (Å²) in [6.45, 7) is 2.87. The van der Waals surface area contributed by atoms with Crippen LogP contribution in [-0.4, -0.2) is 73.3 Å². The third-order valence-electron chi connectivity index (χ3n) is 5.71. The normalized spacial score (nSPS) is 14.9. The lowest BCUT2D eigenvalue weighted by molar-refractivity contribution is -0.116. The average Bonchev–Trinajstić information content (AvgIpc) is 2.83. The van der Waals surface area contributed by atoms with E-state index in [-0.39, 0.29) is 49.0 Å². The molecule has 1 aliphatic rings. The number of hydrogen-bond donors (Lipinski definition) is 1. The molecular weight excluding hydrogens is 530 g/mol. The van der Waals surface area contributed by atoms with Crippen LogP contribution in [0.5, 0.6) is 5.75 Å². The number of methoxy groups -OCH3 is 1. The first kappa shape index (κ1) is 28.2. The summed E-state index contributed by atoms with van der Waals surface area (Å²) in [7, 11) is -6.08. The highest BCUT2D eigenvalue weighted by atomic mass is 35.5. The van der Waals surface area contributed by atoms with E-state index in [1.807, 2.05) is 0 Å². The Balaban J connectivity index is 1.70. The molecule has 1 amide bonds. The van der Waals surface area contributed by atoms with Crippen LogP contribution in [0.15, 0.2) is 41.3 Å². The van der Waals surface area contributed by atoms with Crippen molar-refractivity contribution >= 4 is 48.9 Å². The van der Waals surface area contributed by atoms with Gasteiger partial charge in [-0.15, -0.1) is 0 Å². The minimum Gasteiger partial charge on any atom is -0.495 e. The van der Waals surface area contributed by atoms with Crippen molar-refractivity contribution in [1.82, 2.24) is 4.31 Å². The van der Waals surface area contributed by atoms with E-state index in [0.29, 0.717) is 35.2 Å². The van der Waals surface area contributed by atoms with Crippen LogP contribution in [0.2, 0.25) is 5.02 Å². The van der Waals surface area contributed by atoms with Crippen LogP contribution in [0.3, 0.4) is 0 Å². The van der Waals surface area contributed by atoms with E-state index in [9.17, 15) is 21.6 Å². The minimum atomic E-state index is -3.85. The molecule has 1 N–H and O–H groups in total. The summed E-state index contributed by atoms with van der Waals surface area (Å²) in [5.74, 6) is -0.216. The average molecular weight is 560 g/mol. The lowest BCUT2D eigenvalue weighted by atomic mass is 10.2. The summed E-state index contributed by atoms with van der Waals surface area (Å²) >= 11 is 6.15. The predicted molar refractivity (Wildman–Crippen MR) is 139 cm³/mol. The highest BCUT2D eigenvalue weighted by Gasteiger charge is 2.29. The van der Waals surface area contributed by atoms with Gasteiger partial charge in [-0.3, -0.25) is 9.10 Å². The van der Waals surface area contributed by atoms with Crippen molar-refractivity contribution in [2.45, 2.75) is 24.7 Å². The Bertz CT molecular complexity index is 1310. The van der Waals surface area contributed by atoms with Crippen molar-refractivity contribution in [3.05, 3.63) is 47.0 Å². The molecule has 0 atom stereocenters. The SMILES string of the molecule is COc1ccc(NC(=O)CCCN(c2cccc(Cl)c2C)S(C)(=O)=O)cc1S(=O)(=O)N1CCOCC1. The van der Waals surface area contributed by atoms with Crippen LogP contribution < -0.4 is 14.4 Å². The van der Waals surface area contributed by atoms with Crippen molar-refractivity contribution in [3.63, 3.8) is 0 Å². The number of hydrogen-bond acceptors (Lipinski definition) is 7. The highest BCUT2D eigenvalue weighted by Crippen LogP contribution is 2.31. The van der Waals surface area contributed by atoms with Gasteiger partial charge in [-0.2, -0.15) is 4.31 Å². The number of morpholine rings is 1. The van der Waals surface area contributed by atoms with Gasteiger partial charge in [0, 0.05) is 36.8 Å². The molecule has 0 saturated carbocycles. The summed E-state index contributed by atoms with van der Waals surface area (Å²) in [4.78, 5) is 12.6. The maximum atomic E-state index is 13.1. The molecule has 0 radical (unpaired) electrons. The van der Waals surface area contributed by atoms with Gasteiger partial charge in [0.25, 0.3) is 0 Å². The number of sulfonamides is 2. The smallest absolute Gasteiger partial charge is 0.246 e. The number of rotatable bonds is 10. The van der Waals surface area contributed by atoms with Crippen molar-refractivity contribution < 1.29 is 31.1 Å². The molecule has 10 nitrogen and oxygen atoms in total. The number of nitrogens with one attached hydrogen (secondary N) is 1. The predicted octanol–water partition coefficient (Wildman–Crippen LogP) is 2.86. The van der Waals surface area contributed by atoms with E-state index in [1.165, 1.54) is 27.9 Å². The second kappa shape index (κ2) is 11.8. The monoisotopic (exact) mass is 559 g/mol. The van der Waals surface area contributed by atoms with E-state index in [1.54, 1.807) is 31.2 Å². The number of ether oxygens (including phenoxy) is 2. The first-order valence-corrected chi connectivity index (χ1v) is 14.9. The van der Waals surface area contributed by atoms with Gasteiger partial charge in [0.05, 0.1) is 32.3 Å². The third-order valence-corrected chi connectivity index (χ3v) is 9.22. The van der Waals surface area contributed by atoms with E-state index in [2.05, 4.69) is 5.32 Å². The number of halogens is 1. The Hall–Kier alpha value is -2.38. The Morgan fingerprint density at radius 2 is 1.86 bits per heavy atom. The number of nitrogens with zero attached hydrogens (tertiary/aromatic N) is 2. The van der Waals surface area contributed by atoms with E-state index in [4.69, 9.17) is 21.1 Å². The van der Waals surface area contributed by atoms with Crippen molar-refractivity contribution in [2.24, 2.45) is 0 Å². The second-order valence-corrected chi connectivity index (χ2v) is 12.5. The Morgan fingerprint density at radius 1 is 1.17 bits per heavy atom. The molecular formula is C23H30ClN3O7S2. The maximum Gasteiger partial charge on any atom is 0.246 e. The van der Waals surface area contributed by atoms with Gasteiger partial charge in [0.2, 0.25) is 26.0 Å². The molecule has 0 unspecified atom stereocenters. The summed E-state index contributed by atoms with van der Waals surface area (Å²) in [5.41, 5.74) is 1.37. The van der Waals surface area contributed by atoms with E-state index >= 15 is 0 Å². The molecule has 1 aliphatic heterocycles. The second-order valence-electron chi connectivity index (χ2n) is 8.25. The fourth-order valence-corrected chi connectivity index (χ4v) is 6.59. The summed E-state index contributed by atoms with van der Waals surface area (Å²) < 4.78 is 64.1. The van der Waals surface area contributed by atoms with Gasteiger partial charge >= 0.3 is 0 Å². The summed E-state index contributed by atoms with van der Waals surface area (Å²) in [6, 6.07) is 9.40. The van der Waals surface area contributed by atoms with Gasteiger partial charge in [0.1, 0.15) is 10.6 Å². The van der Waals surface area contributed by atoms with Crippen LogP contribution in [0.1, 0.15) is 18.4 Å². The molecule has 1 fully saturated rings. The zero-order valence-corrected chi connectivity index (χ0v) is 22.7. The molecule has 1 saturated heterocycles. The van der Waals surface area contributed by atoms with Gasteiger partial charge in [-0.1, -0.05) is 17.7 Å². The van der Waals surface area contributed by atoms with Crippen molar-refractivity contribution in [2.75, 3.05) is 55.8 Å². The Morgan fingerprint density at radius 3 is 2.50 bits per heavy atom. The molecule has 0 aromatic heterocycles. The topological polar surface area (TPSA) is 122 Å². The highest BCUT2D eigenvalue weighted by molar-refractivity contribution is 7.92. The fraction of sp³-hybridized carbons (Fsp3) is 0.435. The van der Waals surface area contributed by atoms with E-state index in [0.717, 1.165) is 6.26 Å². The zero-order valence-electron chi connectivity index (χ0n) is 20.4. The molecule has 198 valence electrons. The molecule has 1 heterocycles. The minimum absolute atomic E-state index is 0.0171. The molecule has 0 aliphatic carbocycles. The lowest BCUT2D eigenvalue weighted by Gasteiger charge is -2.27. The van der Waals surface area contributed by atoms with Crippen molar-refractivity contribution in [3.8, 4) is 5.75 Å². The number of anilines is 2. The number of carbonyl (C=O) groups is 1. The van der Waals surface area contributed by atoms with Gasteiger partial charge in [-0.05, 0) is 49.2 Å². The molecule has 3 rings (SSSR count). The molecule has 0 bridgehead atoms. The fourth-order valence-electron chi connectivity index (χ4n) is 3.82. The molecule has 13 heteroatoms. The third kappa shape index (κ3) is 6.68. The lowest BCUT2D eigenvalue weighted by Crippen LogP contribution is -2.40. The number of carbonyl (C=O) groups excluding carboxylic acids is 1. The quantitative estimate of drug-likeness (QED) is 0.475. The molecule has 36 heavy (non-hydrogen) atoms. The zero-order chi connectivity index (χ0) is 26.5. The van der Waals surface area contributed by atoms with Gasteiger partial charge < -0.3 is 14.8 Å². The van der Waals surface area contributed by atoms with Crippen LogP contribution in [0.25, 0.3) is 0 Å². The van der Waals surface area contributed by atoms with E-state index < -0.39 is 20.0 Å². The van der Waals surface area contributed by atoms with Crippen LogP contribution in [0, 0.1) is 6.92 Å². The van der Waals surface area contributed by atoms with Crippen LogP contribution in [0.4, 0.5) is 11.4 Å². The first-order chi connectivity index (χ1) is 16.9. The first-order valence-electron chi connectivity index (χ1n) is 11.2. The van der Waals surface area contributed by atoms with Crippen LogP contribution in [-0.2, 0) is 29.6 Å². The number of amides is 1. The maximum absolute atomic E-state index is 13.1. The van der Waals surface area contributed by atoms with Crippen molar-refractivity contribution in [1.29, 1.82) is 0 Å². The Kier molecular flexibility index (Phi) is 9.23. The van der Waals surface area contributed by atoms with Gasteiger partial charge in [-0.25, -0.2) is 16.8 Å². The largest absolute Gasteiger partial charge is 0.495 e. The summed E-state index contributed by atoms with van der Waals surface area (Å²) in [6.07, 6.45) is 1.35. The molecule has 2 aromatic carbocycles. The molecule has 2 aromatic rings. The molecule has 0 spiro atoms. The van der Waals surface area contributed by atoms with Gasteiger partial charge in [0.15, 0.2) is 0 Å².